The summed E-state index contributed by atoms with van der Waals surface area (Å²) in [5.74, 6) is 0.923. The molecule has 0 saturated carbocycles. The Morgan fingerprint density at radius 2 is 1.94 bits per heavy atom. The zero-order chi connectivity index (χ0) is 13.5. The van der Waals surface area contributed by atoms with Gasteiger partial charge in [0, 0.05) is 12.1 Å². The minimum Gasteiger partial charge on any atom is -0.508 e. The summed E-state index contributed by atoms with van der Waals surface area (Å²) in [4.78, 5) is 11.8. The first-order chi connectivity index (χ1) is 8.51. The first-order valence-corrected chi connectivity index (χ1v) is 6.30. The third kappa shape index (κ3) is 5.19. The van der Waals surface area contributed by atoms with Crippen molar-refractivity contribution < 1.29 is 9.90 Å². The molecule has 0 fully saturated rings. The van der Waals surface area contributed by atoms with Gasteiger partial charge in [-0.25, -0.2) is 0 Å². The topological polar surface area (TPSA) is 75.4 Å². The Morgan fingerprint density at radius 3 is 2.44 bits per heavy atom. The van der Waals surface area contributed by atoms with Crippen LogP contribution in [0.1, 0.15) is 26.7 Å². The average Bonchev–Trinajstić information content (AvgIpc) is 2.30. The highest BCUT2D eigenvalue weighted by Crippen LogP contribution is 2.17. The zero-order valence-electron chi connectivity index (χ0n) is 11.0. The minimum absolute atomic E-state index is 0.0308. The standard InChI is InChI=1S/C14H22N2O2/c1-10(2)7-11(9-15)8-14(18)16-12-3-5-13(17)6-4-12/h3-6,10-11,17H,7-9,15H2,1-2H3,(H,16,18). The molecular weight excluding hydrogens is 228 g/mol. The number of nitrogens with one attached hydrogen (secondary N) is 1. The Kier molecular flexibility index (Phi) is 5.65. The maximum Gasteiger partial charge on any atom is 0.224 e. The van der Waals surface area contributed by atoms with Crippen molar-refractivity contribution in [3.05, 3.63) is 24.3 Å². The molecule has 0 bridgehead atoms. The van der Waals surface area contributed by atoms with Gasteiger partial charge in [0.1, 0.15) is 5.75 Å². The van der Waals surface area contributed by atoms with Gasteiger partial charge in [0.15, 0.2) is 0 Å². The number of phenolic OH excluding ortho intramolecular Hbond substituents is 1. The normalized spacial score (nSPS) is 12.4. The highest BCUT2D eigenvalue weighted by Gasteiger charge is 2.14. The van der Waals surface area contributed by atoms with Crippen LogP contribution in [0.2, 0.25) is 0 Å². The van der Waals surface area contributed by atoms with E-state index >= 15 is 0 Å². The summed E-state index contributed by atoms with van der Waals surface area (Å²) in [6, 6.07) is 6.44. The molecule has 1 rings (SSSR count). The lowest BCUT2D eigenvalue weighted by Crippen LogP contribution is -2.23. The molecule has 100 valence electrons. The van der Waals surface area contributed by atoms with Gasteiger partial charge in [-0.05, 0) is 49.1 Å². The van der Waals surface area contributed by atoms with Gasteiger partial charge in [-0.3, -0.25) is 4.79 Å². The van der Waals surface area contributed by atoms with Crippen molar-refractivity contribution in [2.24, 2.45) is 17.6 Å². The maximum atomic E-state index is 11.8. The Bertz CT molecular complexity index is 374. The lowest BCUT2D eigenvalue weighted by atomic mass is 9.94. The number of hydrogen-bond donors (Lipinski definition) is 3. The van der Waals surface area contributed by atoms with Gasteiger partial charge in [-0.2, -0.15) is 0 Å². The number of carbonyl (C=O) groups is 1. The molecule has 1 atom stereocenters. The molecule has 0 heterocycles. The van der Waals surface area contributed by atoms with Crippen LogP contribution < -0.4 is 11.1 Å². The molecule has 18 heavy (non-hydrogen) atoms. The summed E-state index contributed by atoms with van der Waals surface area (Å²) in [5, 5.41) is 11.9. The van der Waals surface area contributed by atoms with Crippen LogP contribution in [0.15, 0.2) is 24.3 Å². The highest BCUT2D eigenvalue weighted by molar-refractivity contribution is 5.90. The molecule has 0 aliphatic rings. The molecule has 1 aromatic carbocycles. The van der Waals surface area contributed by atoms with Gasteiger partial charge in [-0.15, -0.1) is 0 Å². The summed E-state index contributed by atoms with van der Waals surface area (Å²) in [6.45, 7) is 4.78. The van der Waals surface area contributed by atoms with Crippen molar-refractivity contribution >= 4 is 11.6 Å². The predicted molar refractivity (Wildman–Crippen MR) is 73.4 cm³/mol. The molecule has 0 spiro atoms. The van der Waals surface area contributed by atoms with Gasteiger partial charge in [-0.1, -0.05) is 13.8 Å². The van der Waals surface area contributed by atoms with Crippen LogP contribution in [0, 0.1) is 11.8 Å². The lowest BCUT2D eigenvalue weighted by molar-refractivity contribution is -0.117. The molecule has 0 aliphatic heterocycles. The van der Waals surface area contributed by atoms with Crippen molar-refractivity contribution in [1.29, 1.82) is 0 Å². The Morgan fingerprint density at radius 1 is 1.33 bits per heavy atom. The van der Waals surface area contributed by atoms with Crippen molar-refractivity contribution in [1.82, 2.24) is 0 Å². The van der Waals surface area contributed by atoms with Gasteiger partial charge in [0.2, 0.25) is 5.91 Å². The zero-order valence-corrected chi connectivity index (χ0v) is 11.0. The van der Waals surface area contributed by atoms with Crippen LogP contribution in [-0.4, -0.2) is 17.6 Å². The van der Waals surface area contributed by atoms with Crippen molar-refractivity contribution in [2.45, 2.75) is 26.7 Å². The van der Waals surface area contributed by atoms with Crippen LogP contribution in [0.4, 0.5) is 5.69 Å². The fraction of sp³-hybridized carbons (Fsp3) is 0.500. The van der Waals surface area contributed by atoms with E-state index in [2.05, 4.69) is 19.2 Å². The Labute approximate surface area is 108 Å². The minimum atomic E-state index is -0.0308. The van der Waals surface area contributed by atoms with Gasteiger partial charge in [0.05, 0.1) is 0 Å². The van der Waals surface area contributed by atoms with Gasteiger partial charge >= 0.3 is 0 Å². The van der Waals surface area contributed by atoms with Gasteiger partial charge < -0.3 is 16.2 Å². The van der Waals surface area contributed by atoms with Crippen LogP contribution in [-0.2, 0) is 4.79 Å². The van der Waals surface area contributed by atoms with E-state index in [-0.39, 0.29) is 17.6 Å². The first-order valence-electron chi connectivity index (χ1n) is 6.30. The molecule has 0 saturated heterocycles. The second-order valence-electron chi connectivity index (χ2n) is 5.03. The highest BCUT2D eigenvalue weighted by atomic mass is 16.3. The van der Waals surface area contributed by atoms with E-state index < -0.39 is 0 Å². The Balaban J connectivity index is 2.47. The van der Waals surface area contributed by atoms with E-state index in [1.54, 1.807) is 24.3 Å². The smallest absolute Gasteiger partial charge is 0.224 e. The molecule has 4 N–H and O–H groups in total. The van der Waals surface area contributed by atoms with E-state index in [1.165, 1.54) is 0 Å². The SMILES string of the molecule is CC(C)CC(CN)CC(=O)Nc1ccc(O)cc1. The molecular formula is C14H22N2O2. The van der Waals surface area contributed by atoms with Crippen molar-refractivity contribution in [3.8, 4) is 5.75 Å². The predicted octanol–water partition coefficient (Wildman–Crippen LogP) is 2.34. The number of hydrogen-bond acceptors (Lipinski definition) is 3. The second kappa shape index (κ2) is 7.01. The van der Waals surface area contributed by atoms with Crippen LogP contribution >= 0.6 is 0 Å². The van der Waals surface area contributed by atoms with E-state index in [1.807, 2.05) is 0 Å². The van der Waals surface area contributed by atoms with Crippen LogP contribution in [0.25, 0.3) is 0 Å². The molecule has 4 nitrogen and oxygen atoms in total. The fourth-order valence-corrected chi connectivity index (χ4v) is 1.95. The molecule has 1 unspecified atom stereocenters. The maximum absolute atomic E-state index is 11.8. The molecule has 4 heteroatoms. The summed E-state index contributed by atoms with van der Waals surface area (Å²) in [6.07, 6.45) is 1.40. The summed E-state index contributed by atoms with van der Waals surface area (Å²) < 4.78 is 0. The monoisotopic (exact) mass is 250 g/mol. The number of aromatic hydroxyl groups is 1. The number of anilines is 1. The molecule has 1 amide bonds. The fourth-order valence-electron chi connectivity index (χ4n) is 1.95. The largest absolute Gasteiger partial charge is 0.508 e. The lowest BCUT2D eigenvalue weighted by Gasteiger charge is -2.16. The van der Waals surface area contributed by atoms with Crippen molar-refractivity contribution in [2.75, 3.05) is 11.9 Å². The Hall–Kier alpha value is -1.55. The van der Waals surface area contributed by atoms with E-state index in [0.717, 1.165) is 6.42 Å². The number of benzene rings is 1. The number of rotatable bonds is 6. The first kappa shape index (κ1) is 14.5. The summed E-state index contributed by atoms with van der Waals surface area (Å²) in [7, 11) is 0. The second-order valence-corrected chi connectivity index (χ2v) is 5.03. The van der Waals surface area contributed by atoms with E-state index in [9.17, 15) is 4.79 Å². The number of nitrogens with two attached hydrogens (primary N) is 1. The molecule has 0 aliphatic carbocycles. The van der Waals surface area contributed by atoms with Crippen LogP contribution in [0.3, 0.4) is 0 Å². The van der Waals surface area contributed by atoms with E-state index in [4.69, 9.17) is 10.8 Å². The van der Waals surface area contributed by atoms with Crippen LogP contribution in [0.5, 0.6) is 5.75 Å². The third-order valence-corrected chi connectivity index (χ3v) is 2.76. The average molecular weight is 250 g/mol. The number of phenols is 1. The molecule has 0 aromatic heterocycles. The molecule has 0 radical (unpaired) electrons. The van der Waals surface area contributed by atoms with E-state index in [0.29, 0.717) is 24.6 Å². The third-order valence-electron chi connectivity index (χ3n) is 2.76. The number of amides is 1. The molecule has 1 aromatic rings. The summed E-state index contributed by atoms with van der Waals surface area (Å²) in [5.41, 5.74) is 6.36. The van der Waals surface area contributed by atoms with Gasteiger partial charge in [0.25, 0.3) is 0 Å². The quantitative estimate of drug-likeness (QED) is 0.678. The van der Waals surface area contributed by atoms with Crippen molar-refractivity contribution in [3.63, 3.8) is 0 Å². The number of carbonyl (C=O) groups excluding carboxylic acids is 1. The summed E-state index contributed by atoms with van der Waals surface area (Å²) >= 11 is 0.